The Hall–Kier alpha value is -3.54. The lowest BCUT2D eigenvalue weighted by atomic mass is 10.1. The quantitative estimate of drug-likeness (QED) is 0.271. The van der Waals surface area contributed by atoms with E-state index in [1.165, 1.54) is 15.3 Å². The van der Waals surface area contributed by atoms with Crippen LogP contribution >= 0.6 is 0 Å². The Morgan fingerprint density at radius 2 is 1.91 bits per heavy atom. The number of fused-ring (bicyclic) bond motifs is 2. The van der Waals surface area contributed by atoms with Crippen LogP contribution in [0, 0.1) is 5.92 Å². The molecule has 3 heterocycles. The number of ether oxygens (including phenoxy) is 2. The summed E-state index contributed by atoms with van der Waals surface area (Å²) < 4.78 is 13.6. The molecule has 0 amide bonds. The SMILES string of the molecule is CC(C)C(=O)Oc1ccc(-c2cn3c(=O)c4ncn(COC(CO)CO)c4nc3[nH]2)cc1. The van der Waals surface area contributed by atoms with Crippen LogP contribution in [0.3, 0.4) is 0 Å². The first kappa shape index (κ1) is 21.7. The molecule has 0 aliphatic carbocycles. The van der Waals surface area contributed by atoms with E-state index in [9.17, 15) is 9.59 Å². The molecule has 11 nitrogen and oxygen atoms in total. The maximum Gasteiger partial charge on any atom is 0.313 e. The molecule has 0 aliphatic rings. The van der Waals surface area contributed by atoms with Gasteiger partial charge in [0.25, 0.3) is 5.56 Å². The van der Waals surface area contributed by atoms with Crippen LogP contribution in [0.5, 0.6) is 5.75 Å². The first-order valence-corrected chi connectivity index (χ1v) is 10.0. The second-order valence-corrected chi connectivity index (χ2v) is 7.55. The molecule has 0 saturated carbocycles. The van der Waals surface area contributed by atoms with Crippen LogP contribution < -0.4 is 10.3 Å². The number of hydrogen-bond acceptors (Lipinski definition) is 8. The molecule has 1 aromatic carbocycles. The Kier molecular flexibility index (Phi) is 6.04. The monoisotopic (exact) mass is 441 g/mol. The van der Waals surface area contributed by atoms with Gasteiger partial charge in [0.2, 0.25) is 5.78 Å². The second-order valence-electron chi connectivity index (χ2n) is 7.55. The van der Waals surface area contributed by atoms with E-state index >= 15 is 0 Å². The number of benzene rings is 1. The van der Waals surface area contributed by atoms with Crippen molar-refractivity contribution in [3.63, 3.8) is 0 Å². The minimum Gasteiger partial charge on any atom is -0.426 e. The molecule has 0 aliphatic heterocycles. The molecule has 0 radical (unpaired) electrons. The fourth-order valence-electron chi connectivity index (χ4n) is 3.02. The van der Waals surface area contributed by atoms with E-state index in [1.807, 2.05) is 0 Å². The molecule has 32 heavy (non-hydrogen) atoms. The zero-order valence-electron chi connectivity index (χ0n) is 17.6. The number of aromatic nitrogens is 5. The lowest BCUT2D eigenvalue weighted by molar-refractivity contribution is -0.137. The number of aliphatic hydroxyl groups excluding tert-OH is 2. The minimum absolute atomic E-state index is 0.0327. The van der Waals surface area contributed by atoms with Crippen molar-refractivity contribution in [2.24, 2.45) is 5.92 Å². The van der Waals surface area contributed by atoms with Gasteiger partial charge >= 0.3 is 5.97 Å². The molecule has 0 unspecified atom stereocenters. The third-order valence-corrected chi connectivity index (χ3v) is 4.89. The molecular formula is C21H23N5O6. The first-order valence-electron chi connectivity index (χ1n) is 10.0. The van der Waals surface area contributed by atoms with E-state index in [1.54, 1.807) is 44.3 Å². The Labute approximate surface area is 181 Å². The van der Waals surface area contributed by atoms with Gasteiger partial charge in [-0.15, -0.1) is 0 Å². The van der Waals surface area contributed by atoms with Gasteiger partial charge in [0.05, 0.1) is 31.2 Å². The highest BCUT2D eigenvalue weighted by Crippen LogP contribution is 2.22. The molecule has 0 spiro atoms. The third kappa shape index (κ3) is 4.13. The fourth-order valence-corrected chi connectivity index (χ4v) is 3.02. The van der Waals surface area contributed by atoms with Gasteiger partial charge in [-0.25, -0.2) is 9.38 Å². The molecule has 3 aromatic heterocycles. The largest absolute Gasteiger partial charge is 0.426 e. The summed E-state index contributed by atoms with van der Waals surface area (Å²) in [6, 6.07) is 6.90. The maximum absolute atomic E-state index is 12.9. The average molecular weight is 441 g/mol. The lowest BCUT2D eigenvalue weighted by Crippen LogP contribution is -2.23. The van der Waals surface area contributed by atoms with Gasteiger partial charge in [-0.3, -0.25) is 14.2 Å². The molecule has 11 heteroatoms. The number of carbonyl (C=O) groups excluding carboxylic acids is 1. The zero-order valence-corrected chi connectivity index (χ0v) is 17.6. The number of carbonyl (C=O) groups is 1. The zero-order chi connectivity index (χ0) is 22.8. The van der Waals surface area contributed by atoms with Crippen LogP contribution in [0.15, 0.2) is 41.6 Å². The van der Waals surface area contributed by atoms with Gasteiger partial charge in [0, 0.05) is 6.20 Å². The number of imidazole rings is 2. The standard InChI is InChI=1S/C21H23N5O6/c1-12(2)20(30)32-14-5-3-13(4-6-14)16-7-26-19(29)17-18(24-21(26)23-16)25(10-22-17)11-31-15(8-27)9-28/h3-7,10,12,15,27-28H,8-9,11H2,1-2H3,(H,23,24). The molecular weight excluding hydrogens is 418 g/mol. The summed E-state index contributed by atoms with van der Waals surface area (Å²) in [5, 5.41) is 18.3. The molecule has 0 atom stereocenters. The second kappa shape index (κ2) is 8.91. The summed E-state index contributed by atoms with van der Waals surface area (Å²) >= 11 is 0. The average Bonchev–Trinajstić information content (AvgIpc) is 3.40. The van der Waals surface area contributed by atoms with E-state index in [0.717, 1.165) is 5.56 Å². The number of aromatic amines is 1. The lowest BCUT2D eigenvalue weighted by Gasteiger charge is -2.12. The summed E-state index contributed by atoms with van der Waals surface area (Å²) in [5.74, 6) is 0.211. The number of esters is 1. The van der Waals surface area contributed by atoms with E-state index in [4.69, 9.17) is 19.7 Å². The summed E-state index contributed by atoms with van der Waals surface area (Å²) in [5.41, 5.74) is 1.55. The molecule has 4 rings (SSSR count). The van der Waals surface area contributed by atoms with Crippen LogP contribution in [-0.4, -0.2) is 59.4 Å². The smallest absolute Gasteiger partial charge is 0.313 e. The van der Waals surface area contributed by atoms with Gasteiger partial charge in [-0.05, 0) is 29.8 Å². The highest BCUT2D eigenvalue weighted by Gasteiger charge is 2.16. The van der Waals surface area contributed by atoms with Gasteiger partial charge in [-0.1, -0.05) is 13.8 Å². The van der Waals surface area contributed by atoms with Crippen molar-refractivity contribution in [3.05, 3.63) is 47.1 Å². The normalized spacial score (nSPS) is 11.8. The van der Waals surface area contributed by atoms with Crippen molar-refractivity contribution in [1.82, 2.24) is 23.9 Å². The highest BCUT2D eigenvalue weighted by atomic mass is 16.5. The molecule has 4 aromatic rings. The maximum atomic E-state index is 12.9. The molecule has 0 bridgehead atoms. The van der Waals surface area contributed by atoms with Gasteiger partial charge in [-0.2, -0.15) is 4.98 Å². The number of nitrogens with one attached hydrogen (secondary N) is 1. The molecule has 0 saturated heterocycles. The molecule has 168 valence electrons. The van der Waals surface area contributed by atoms with E-state index in [0.29, 0.717) is 22.9 Å². The summed E-state index contributed by atoms with van der Waals surface area (Å²) in [4.78, 5) is 36.4. The topological polar surface area (TPSA) is 144 Å². The van der Waals surface area contributed by atoms with Crippen LogP contribution in [0.25, 0.3) is 28.2 Å². The molecule has 3 N–H and O–H groups in total. The van der Waals surface area contributed by atoms with E-state index in [2.05, 4.69) is 15.0 Å². The van der Waals surface area contributed by atoms with Gasteiger partial charge in [0.1, 0.15) is 18.6 Å². The number of nitrogens with zero attached hydrogens (tertiary/aromatic N) is 4. The Morgan fingerprint density at radius 1 is 1.19 bits per heavy atom. The third-order valence-electron chi connectivity index (χ3n) is 4.89. The van der Waals surface area contributed by atoms with Crippen molar-refractivity contribution in [2.75, 3.05) is 13.2 Å². The summed E-state index contributed by atoms with van der Waals surface area (Å²) in [6.45, 7) is 2.82. The van der Waals surface area contributed by atoms with E-state index < -0.39 is 6.10 Å². The number of hydrogen-bond donors (Lipinski definition) is 3. The van der Waals surface area contributed by atoms with Crippen LogP contribution in [0.4, 0.5) is 0 Å². The van der Waals surface area contributed by atoms with Crippen molar-refractivity contribution >= 4 is 22.9 Å². The van der Waals surface area contributed by atoms with Crippen LogP contribution in [0.2, 0.25) is 0 Å². The summed E-state index contributed by atoms with van der Waals surface area (Å²) in [6.07, 6.45) is 2.31. The first-order chi connectivity index (χ1) is 15.4. The fraction of sp³-hybridized carbons (Fsp3) is 0.333. The summed E-state index contributed by atoms with van der Waals surface area (Å²) in [7, 11) is 0. The number of aliphatic hydroxyl groups is 2. The Morgan fingerprint density at radius 3 is 2.56 bits per heavy atom. The van der Waals surface area contributed by atoms with Crippen LogP contribution in [0.1, 0.15) is 13.8 Å². The Bertz CT molecular complexity index is 1300. The minimum atomic E-state index is -0.739. The van der Waals surface area contributed by atoms with Gasteiger partial charge in [0.15, 0.2) is 11.2 Å². The van der Waals surface area contributed by atoms with Crippen molar-refractivity contribution in [2.45, 2.75) is 26.7 Å². The van der Waals surface area contributed by atoms with E-state index in [-0.39, 0.29) is 42.9 Å². The number of H-pyrrole nitrogens is 1. The number of rotatable bonds is 8. The van der Waals surface area contributed by atoms with Gasteiger partial charge < -0.3 is 24.7 Å². The molecule has 0 fully saturated rings. The van der Waals surface area contributed by atoms with Crippen LogP contribution in [-0.2, 0) is 16.3 Å². The Balaban J connectivity index is 1.64. The predicted molar refractivity (Wildman–Crippen MR) is 114 cm³/mol. The predicted octanol–water partition coefficient (Wildman–Crippen LogP) is 0.928. The van der Waals surface area contributed by atoms with Crippen molar-refractivity contribution in [1.29, 1.82) is 0 Å². The highest BCUT2D eigenvalue weighted by molar-refractivity contribution is 5.75. The van der Waals surface area contributed by atoms with Crippen molar-refractivity contribution in [3.8, 4) is 17.0 Å². The van der Waals surface area contributed by atoms with Crippen molar-refractivity contribution < 1.29 is 24.5 Å².